The Labute approximate surface area is 152 Å². The van der Waals surface area contributed by atoms with Gasteiger partial charge in [0.25, 0.3) is 0 Å². The van der Waals surface area contributed by atoms with Crippen LogP contribution in [0, 0.1) is 0 Å². The van der Waals surface area contributed by atoms with E-state index in [9.17, 15) is 4.79 Å². The largest absolute Gasteiger partial charge is 0.486 e. The Hall–Kier alpha value is -1.47. The second kappa shape index (κ2) is 8.07. The van der Waals surface area contributed by atoms with Crippen molar-refractivity contribution in [2.24, 2.45) is 0 Å². The number of hydrogen-bond acceptors (Lipinski definition) is 5. The summed E-state index contributed by atoms with van der Waals surface area (Å²) in [5.41, 5.74) is 1.000. The number of benzene rings is 1. The van der Waals surface area contributed by atoms with Gasteiger partial charge in [-0.3, -0.25) is 4.79 Å². The van der Waals surface area contributed by atoms with Crippen LogP contribution in [0.25, 0.3) is 0 Å². The van der Waals surface area contributed by atoms with Crippen molar-refractivity contribution in [3.63, 3.8) is 0 Å². The topological polar surface area (TPSA) is 50.8 Å². The third-order valence-corrected chi connectivity index (χ3v) is 5.66. The number of carbonyl (C=O) groups excluding carboxylic acids is 1. The zero-order valence-corrected chi connectivity index (χ0v) is 15.4. The van der Waals surface area contributed by atoms with Gasteiger partial charge in [0, 0.05) is 13.1 Å². The van der Waals surface area contributed by atoms with Crippen LogP contribution in [0.1, 0.15) is 31.4 Å². The molecule has 1 fully saturated rings. The minimum absolute atomic E-state index is 0.0102. The van der Waals surface area contributed by atoms with Crippen LogP contribution in [0.3, 0.4) is 0 Å². The molecule has 1 aromatic carbocycles. The molecule has 0 spiro atoms. The van der Waals surface area contributed by atoms with Gasteiger partial charge >= 0.3 is 0 Å². The third kappa shape index (κ3) is 4.33. The van der Waals surface area contributed by atoms with Crippen molar-refractivity contribution >= 4 is 34.2 Å². The van der Waals surface area contributed by atoms with E-state index >= 15 is 0 Å². The summed E-state index contributed by atoms with van der Waals surface area (Å²) >= 11 is 6.83. The summed E-state index contributed by atoms with van der Waals surface area (Å²) in [6.07, 6.45) is 2.38. The van der Waals surface area contributed by atoms with Gasteiger partial charge in [-0.15, -0.1) is 0 Å². The molecule has 2 heterocycles. The van der Waals surface area contributed by atoms with Gasteiger partial charge in [0.15, 0.2) is 11.5 Å². The Morgan fingerprint density at radius 2 is 2.00 bits per heavy atom. The monoisotopic (exact) mass is 366 g/mol. The molecule has 1 atom stereocenters. The van der Waals surface area contributed by atoms with E-state index in [0.717, 1.165) is 34.5 Å². The average molecular weight is 367 g/mol. The highest BCUT2D eigenvalue weighted by Crippen LogP contribution is 2.32. The van der Waals surface area contributed by atoms with Gasteiger partial charge in [-0.05, 0) is 37.5 Å². The number of likely N-dealkylation sites (tertiary alicyclic amines) is 1. The maximum Gasteiger partial charge on any atom is 0.230 e. The number of thioether (sulfide) groups is 1. The minimum atomic E-state index is -0.0886. The molecule has 0 radical (unpaired) electrons. The van der Waals surface area contributed by atoms with Gasteiger partial charge in [-0.2, -0.15) is 0 Å². The van der Waals surface area contributed by atoms with Crippen LogP contribution in [-0.2, 0) is 4.79 Å². The van der Waals surface area contributed by atoms with E-state index in [0.29, 0.717) is 19.0 Å². The standard InChI is InChI=1S/C17H22N2O3S2/c1-12(13-4-5-14-15(10-13)22-9-8-21-14)18-16(20)11-24-17(23)19-6-2-3-7-19/h4-5,10,12H,2-3,6-9,11H2,1H3,(H,18,20)/t12-/m1/s1. The molecule has 0 aromatic heterocycles. The molecule has 1 aromatic rings. The first-order valence-electron chi connectivity index (χ1n) is 8.24. The highest BCUT2D eigenvalue weighted by molar-refractivity contribution is 8.23. The molecule has 5 nitrogen and oxygen atoms in total. The number of nitrogens with zero attached hydrogens (tertiary/aromatic N) is 1. The summed E-state index contributed by atoms with van der Waals surface area (Å²) in [6.45, 7) is 5.13. The second-order valence-electron chi connectivity index (χ2n) is 5.94. The molecule has 130 valence electrons. The Morgan fingerprint density at radius 3 is 2.75 bits per heavy atom. The number of ether oxygens (including phenoxy) is 2. The lowest BCUT2D eigenvalue weighted by Crippen LogP contribution is -2.30. The molecule has 1 saturated heterocycles. The first-order valence-corrected chi connectivity index (χ1v) is 9.63. The summed E-state index contributed by atoms with van der Waals surface area (Å²) in [7, 11) is 0. The van der Waals surface area contributed by atoms with Crippen molar-refractivity contribution < 1.29 is 14.3 Å². The van der Waals surface area contributed by atoms with Crippen molar-refractivity contribution in [1.82, 2.24) is 10.2 Å². The lowest BCUT2D eigenvalue weighted by molar-refractivity contribution is -0.119. The number of amides is 1. The first-order chi connectivity index (χ1) is 11.6. The van der Waals surface area contributed by atoms with E-state index in [1.54, 1.807) is 0 Å². The number of nitrogens with one attached hydrogen (secondary N) is 1. The zero-order chi connectivity index (χ0) is 16.9. The van der Waals surface area contributed by atoms with Crippen molar-refractivity contribution in [1.29, 1.82) is 0 Å². The number of hydrogen-bond donors (Lipinski definition) is 1. The van der Waals surface area contributed by atoms with Crippen molar-refractivity contribution in [3.8, 4) is 11.5 Å². The van der Waals surface area contributed by atoms with Gasteiger partial charge < -0.3 is 19.7 Å². The Balaban J connectivity index is 1.49. The number of carbonyl (C=O) groups is 1. The Bertz CT molecular complexity index is 618. The van der Waals surface area contributed by atoms with E-state index in [-0.39, 0.29) is 11.9 Å². The maximum absolute atomic E-state index is 12.2. The highest BCUT2D eigenvalue weighted by atomic mass is 32.2. The summed E-state index contributed by atoms with van der Waals surface area (Å²) in [5.74, 6) is 1.84. The first kappa shape index (κ1) is 17.4. The zero-order valence-electron chi connectivity index (χ0n) is 13.7. The van der Waals surface area contributed by atoms with Gasteiger partial charge in [0.1, 0.15) is 17.5 Å². The smallest absolute Gasteiger partial charge is 0.230 e. The van der Waals surface area contributed by atoms with E-state index in [1.807, 2.05) is 25.1 Å². The molecular weight excluding hydrogens is 344 g/mol. The van der Waals surface area contributed by atoms with Crippen LogP contribution in [0.2, 0.25) is 0 Å². The van der Waals surface area contributed by atoms with Crippen LogP contribution < -0.4 is 14.8 Å². The van der Waals surface area contributed by atoms with E-state index in [1.165, 1.54) is 24.6 Å². The fourth-order valence-corrected chi connectivity index (χ4v) is 3.88. The van der Waals surface area contributed by atoms with Gasteiger partial charge in [0.05, 0.1) is 11.8 Å². The van der Waals surface area contributed by atoms with Crippen LogP contribution in [-0.4, -0.2) is 47.2 Å². The summed E-state index contributed by atoms with van der Waals surface area (Å²) in [5, 5.41) is 3.01. The van der Waals surface area contributed by atoms with Gasteiger partial charge in [0.2, 0.25) is 5.91 Å². The van der Waals surface area contributed by atoms with Crippen molar-refractivity contribution in [2.45, 2.75) is 25.8 Å². The predicted octanol–water partition coefficient (Wildman–Crippen LogP) is 2.75. The average Bonchev–Trinajstić information content (AvgIpc) is 3.14. The van der Waals surface area contributed by atoms with Crippen LogP contribution in [0.5, 0.6) is 11.5 Å². The Kier molecular flexibility index (Phi) is 5.84. The van der Waals surface area contributed by atoms with E-state index in [4.69, 9.17) is 21.7 Å². The Morgan fingerprint density at radius 1 is 1.29 bits per heavy atom. The SMILES string of the molecule is C[C@@H](NC(=O)CSC(=S)N1CCCC1)c1ccc2c(c1)OCCO2. The predicted molar refractivity (Wildman–Crippen MR) is 99.9 cm³/mol. The molecule has 7 heteroatoms. The van der Waals surface area contributed by atoms with Crippen molar-refractivity contribution in [3.05, 3.63) is 23.8 Å². The van der Waals surface area contributed by atoms with Gasteiger partial charge in [-0.1, -0.05) is 30.0 Å². The van der Waals surface area contributed by atoms with Crippen LogP contribution >= 0.6 is 24.0 Å². The summed E-state index contributed by atoms with van der Waals surface area (Å²) in [4.78, 5) is 14.3. The lowest BCUT2D eigenvalue weighted by Gasteiger charge is -2.21. The molecule has 1 N–H and O–H groups in total. The molecule has 1 amide bonds. The molecule has 0 unspecified atom stereocenters. The van der Waals surface area contributed by atoms with Gasteiger partial charge in [-0.25, -0.2) is 0 Å². The fraction of sp³-hybridized carbons (Fsp3) is 0.529. The maximum atomic E-state index is 12.2. The molecule has 0 bridgehead atoms. The molecule has 0 aliphatic carbocycles. The van der Waals surface area contributed by atoms with Crippen molar-refractivity contribution in [2.75, 3.05) is 32.1 Å². The minimum Gasteiger partial charge on any atom is -0.486 e. The molecule has 2 aliphatic rings. The van der Waals surface area contributed by atoms with E-state index in [2.05, 4.69) is 10.2 Å². The molecule has 0 saturated carbocycles. The summed E-state index contributed by atoms with van der Waals surface area (Å²) in [6, 6.07) is 5.69. The second-order valence-corrected chi connectivity index (χ2v) is 7.55. The van der Waals surface area contributed by atoms with E-state index < -0.39 is 0 Å². The number of rotatable bonds is 4. The lowest BCUT2D eigenvalue weighted by atomic mass is 10.1. The number of fused-ring (bicyclic) bond motifs is 1. The molecular formula is C17H22N2O3S2. The highest BCUT2D eigenvalue weighted by Gasteiger charge is 2.18. The quantitative estimate of drug-likeness (QED) is 0.827. The molecule has 2 aliphatic heterocycles. The normalized spacial score (nSPS) is 17.5. The third-order valence-electron chi connectivity index (χ3n) is 4.13. The summed E-state index contributed by atoms with van der Waals surface area (Å²) < 4.78 is 11.9. The molecule has 3 rings (SSSR count). The van der Waals surface area contributed by atoms with Crippen LogP contribution in [0.15, 0.2) is 18.2 Å². The molecule has 24 heavy (non-hydrogen) atoms. The fourth-order valence-electron chi connectivity index (χ4n) is 2.81. The number of thiocarbonyl (C=S) groups is 1. The van der Waals surface area contributed by atoms with Crippen LogP contribution in [0.4, 0.5) is 0 Å².